The number of aryl methyl sites for hydroxylation is 2. The zero-order valence-electron chi connectivity index (χ0n) is 34.9. The summed E-state index contributed by atoms with van der Waals surface area (Å²) in [5, 5.41) is 4.23. The van der Waals surface area contributed by atoms with E-state index in [2.05, 4.69) is 69.9 Å². The molecule has 2 aliphatic carbocycles. The number of ether oxygens (including phenoxy) is 1. The third kappa shape index (κ3) is 9.55. The second-order valence-electron chi connectivity index (χ2n) is 17.7. The molecule has 2 fully saturated rings. The lowest BCUT2D eigenvalue weighted by atomic mass is 9.72. The predicted octanol–water partition coefficient (Wildman–Crippen LogP) is 10.5. The minimum atomic E-state index is -4.29. The van der Waals surface area contributed by atoms with E-state index in [0.717, 1.165) is 62.2 Å². The zero-order valence-corrected chi connectivity index (χ0v) is 35.7. The van der Waals surface area contributed by atoms with Gasteiger partial charge in [-0.15, -0.1) is 0 Å². The van der Waals surface area contributed by atoms with Crippen LogP contribution in [0, 0.1) is 19.3 Å². The number of benzene rings is 4. The van der Waals surface area contributed by atoms with Crippen LogP contribution in [0.5, 0.6) is 11.5 Å². The Balaban J connectivity index is 0.988. The summed E-state index contributed by atoms with van der Waals surface area (Å²) < 4.78 is 63.4. The van der Waals surface area contributed by atoms with E-state index < -0.39 is 21.9 Å². The molecule has 3 aliphatic rings. The van der Waals surface area contributed by atoms with E-state index in [9.17, 15) is 22.0 Å². The molecular weight excluding hydrogens is 781 g/mol. The molecular formula is C48H55F2N5O4S. The number of aromatic amines is 1. The van der Waals surface area contributed by atoms with Crippen molar-refractivity contribution in [2.75, 3.05) is 42.9 Å². The molecule has 1 aromatic heterocycles. The molecule has 4 aromatic carbocycles. The minimum Gasteiger partial charge on any atom is -0.456 e. The lowest BCUT2D eigenvalue weighted by Crippen LogP contribution is -2.47. The van der Waals surface area contributed by atoms with E-state index in [-0.39, 0.29) is 40.5 Å². The van der Waals surface area contributed by atoms with E-state index in [4.69, 9.17) is 4.74 Å². The van der Waals surface area contributed by atoms with Gasteiger partial charge in [-0.3, -0.25) is 9.69 Å². The third-order valence-corrected chi connectivity index (χ3v) is 13.8. The van der Waals surface area contributed by atoms with Gasteiger partial charge in [0.05, 0.1) is 10.5 Å². The van der Waals surface area contributed by atoms with E-state index in [1.165, 1.54) is 40.8 Å². The number of allylic oxidation sites excluding steroid dienone is 1. The van der Waals surface area contributed by atoms with Gasteiger partial charge >= 0.3 is 0 Å². The molecule has 1 amide bonds. The van der Waals surface area contributed by atoms with Crippen LogP contribution in [-0.2, 0) is 10.0 Å². The first-order valence-corrected chi connectivity index (χ1v) is 22.5. The summed E-state index contributed by atoms with van der Waals surface area (Å²) in [6.07, 6.45) is 5.48. The van der Waals surface area contributed by atoms with Crippen molar-refractivity contribution in [3.8, 4) is 11.5 Å². The number of anilines is 2. The number of sulfonamides is 1. The summed E-state index contributed by atoms with van der Waals surface area (Å²) in [4.78, 5) is 21.8. The highest BCUT2D eigenvalue weighted by Gasteiger charge is 2.35. The van der Waals surface area contributed by atoms with Gasteiger partial charge in [0.25, 0.3) is 15.9 Å². The Hall–Kier alpha value is -5.20. The van der Waals surface area contributed by atoms with Gasteiger partial charge in [0.1, 0.15) is 11.5 Å². The third-order valence-electron chi connectivity index (χ3n) is 12.5. The summed E-state index contributed by atoms with van der Waals surface area (Å²) in [6, 6.07) is 26.2. The molecule has 316 valence electrons. The number of nitrogens with one attached hydrogen (secondary N) is 3. The van der Waals surface area contributed by atoms with Gasteiger partial charge in [-0.2, -0.15) is 0 Å². The molecule has 0 spiro atoms. The Labute approximate surface area is 352 Å². The fraction of sp³-hybridized carbons (Fsp3) is 0.396. The summed E-state index contributed by atoms with van der Waals surface area (Å²) in [5.74, 6) is -2.71. The molecule has 2 heterocycles. The molecule has 3 N–H and O–H groups in total. The largest absolute Gasteiger partial charge is 0.456 e. The topological polar surface area (TPSA) is 107 Å². The van der Waals surface area contributed by atoms with Crippen LogP contribution in [0.25, 0.3) is 16.5 Å². The average molecular weight is 836 g/mol. The van der Waals surface area contributed by atoms with Gasteiger partial charge in [-0.1, -0.05) is 49.2 Å². The summed E-state index contributed by atoms with van der Waals surface area (Å²) >= 11 is 0. The van der Waals surface area contributed by atoms with E-state index >= 15 is 0 Å². The molecule has 0 atom stereocenters. The number of hydrogen-bond donors (Lipinski definition) is 3. The van der Waals surface area contributed by atoms with Crippen molar-refractivity contribution in [3.63, 3.8) is 0 Å². The van der Waals surface area contributed by atoms with Crippen molar-refractivity contribution < 1.29 is 26.7 Å². The molecule has 60 heavy (non-hydrogen) atoms. The number of alkyl halides is 2. The maximum absolute atomic E-state index is 13.9. The number of halogens is 2. The first kappa shape index (κ1) is 41.5. The van der Waals surface area contributed by atoms with Crippen LogP contribution in [0.4, 0.5) is 20.2 Å². The van der Waals surface area contributed by atoms with Gasteiger partial charge in [-0.25, -0.2) is 21.9 Å². The number of aromatic nitrogens is 1. The Morgan fingerprint density at radius 3 is 2.37 bits per heavy atom. The smallest absolute Gasteiger partial charge is 0.268 e. The van der Waals surface area contributed by atoms with Crippen LogP contribution in [0.15, 0.2) is 102 Å². The van der Waals surface area contributed by atoms with Crippen molar-refractivity contribution in [1.29, 1.82) is 0 Å². The summed E-state index contributed by atoms with van der Waals surface area (Å²) in [5.41, 5.74) is 9.08. The van der Waals surface area contributed by atoms with Crippen molar-refractivity contribution in [1.82, 2.24) is 14.6 Å². The molecule has 0 radical (unpaired) electrons. The van der Waals surface area contributed by atoms with Gasteiger partial charge in [0.15, 0.2) is 0 Å². The fourth-order valence-corrected chi connectivity index (χ4v) is 9.86. The Morgan fingerprint density at radius 1 is 0.883 bits per heavy atom. The number of carbonyl (C=O) groups is 1. The summed E-state index contributed by atoms with van der Waals surface area (Å²) in [7, 11) is -4.29. The van der Waals surface area contributed by atoms with E-state index in [1.807, 2.05) is 42.6 Å². The van der Waals surface area contributed by atoms with Crippen LogP contribution < -0.4 is 19.7 Å². The maximum atomic E-state index is 13.9. The van der Waals surface area contributed by atoms with Crippen LogP contribution in [0.2, 0.25) is 0 Å². The Morgan fingerprint density at radius 2 is 1.63 bits per heavy atom. The van der Waals surface area contributed by atoms with Crippen molar-refractivity contribution >= 4 is 43.8 Å². The molecule has 12 heteroatoms. The molecule has 0 bridgehead atoms. The monoisotopic (exact) mass is 835 g/mol. The molecule has 0 unspecified atom stereocenters. The zero-order chi connectivity index (χ0) is 42.2. The average Bonchev–Trinajstić information content (AvgIpc) is 3.68. The van der Waals surface area contributed by atoms with Crippen molar-refractivity contribution in [3.05, 3.63) is 119 Å². The number of hydrogen-bond acceptors (Lipinski definition) is 7. The highest BCUT2D eigenvalue weighted by molar-refractivity contribution is 7.90. The first-order valence-electron chi connectivity index (χ1n) is 21.1. The number of carbonyl (C=O) groups excluding carboxylic acids is 1. The highest BCUT2D eigenvalue weighted by Crippen LogP contribution is 2.43. The molecule has 9 nitrogen and oxygen atoms in total. The van der Waals surface area contributed by atoms with Crippen molar-refractivity contribution in [2.24, 2.45) is 5.41 Å². The standard InChI is InChI=1S/C48H55F2N5O4S/c1-32-5-7-34(8-6-32)42-30-47(3,4)19-15-36(42)31-54-23-25-55(26-24-54)38-9-12-41(45(29-38)59-39-10-13-44-35(28-39)18-22-51-44)46(56)53-60(57,58)40-11-14-43(33(2)27-40)52-37-16-20-48(49,50)21-17-37/h5-14,18,22,27-29,37,51-52H,15-17,19-21,23-26,30-31H2,1-4H3,(H,53,56). The molecule has 1 saturated heterocycles. The number of rotatable bonds is 11. The number of nitrogens with zero attached hydrogens (tertiary/aromatic N) is 2. The van der Waals surface area contributed by atoms with Crippen LogP contribution in [0.3, 0.4) is 0 Å². The molecule has 8 rings (SSSR count). The minimum absolute atomic E-state index is 0.0787. The molecule has 5 aromatic rings. The molecule has 1 saturated carbocycles. The summed E-state index contributed by atoms with van der Waals surface area (Å²) in [6.45, 7) is 12.9. The Bertz CT molecular complexity index is 2510. The van der Waals surface area contributed by atoms with Crippen LogP contribution >= 0.6 is 0 Å². The van der Waals surface area contributed by atoms with Crippen LogP contribution in [-0.4, -0.2) is 68.9 Å². The van der Waals surface area contributed by atoms with Gasteiger partial charge in [0, 0.05) is 86.1 Å². The first-order chi connectivity index (χ1) is 28.6. The number of piperazine rings is 1. The predicted molar refractivity (Wildman–Crippen MR) is 236 cm³/mol. The van der Waals surface area contributed by atoms with E-state index in [1.54, 1.807) is 19.1 Å². The van der Waals surface area contributed by atoms with Gasteiger partial charge < -0.3 is 19.9 Å². The Kier molecular flexibility index (Phi) is 11.6. The van der Waals surface area contributed by atoms with Crippen LogP contribution in [0.1, 0.15) is 85.8 Å². The quantitative estimate of drug-likeness (QED) is 0.122. The SMILES string of the molecule is Cc1ccc(C2=C(CN3CCN(c4ccc(C(=O)NS(=O)(=O)c5ccc(NC6CCC(F)(F)CC6)c(C)c5)c(Oc5ccc6[nH]ccc6c5)c4)CC3)CCC(C)(C)C2)cc1. The second-order valence-corrected chi connectivity index (χ2v) is 19.4. The maximum Gasteiger partial charge on any atom is 0.268 e. The second kappa shape index (κ2) is 16.7. The number of amides is 1. The number of H-pyrrole nitrogens is 1. The lowest BCUT2D eigenvalue weighted by molar-refractivity contribution is -0.0361. The fourth-order valence-electron chi connectivity index (χ4n) is 8.81. The van der Waals surface area contributed by atoms with Crippen molar-refractivity contribution in [2.45, 2.75) is 89.5 Å². The molecule has 1 aliphatic heterocycles. The number of fused-ring (bicyclic) bond motifs is 1. The lowest BCUT2D eigenvalue weighted by Gasteiger charge is -2.39. The van der Waals surface area contributed by atoms with E-state index in [0.29, 0.717) is 29.8 Å². The highest BCUT2D eigenvalue weighted by atomic mass is 32.2. The van der Waals surface area contributed by atoms with Gasteiger partial charge in [-0.05, 0) is 123 Å². The van der Waals surface area contributed by atoms with Gasteiger partial charge in [0.2, 0.25) is 5.92 Å². The normalized spacial score (nSPS) is 18.7.